The van der Waals surface area contributed by atoms with Gasteiger partial charge in [-0.05, 0) is 22.9 Å². The predicted octanol–water partition coefficient (Wildman–Crippen LogP) is 3.28. The highest BCUT2D eigenvalue weighted by atomic mass is 79.9. The summed E-state index contributed by atoms with van der Waals surface area (Å²) in [6.45, 7) is 2.80. The van der Waals surface area contributed by atoms with Crippen molar-refractivity contribution in [3.8, 4) is 11.3 Å². The van der Waals surface area contributed by atoms with Crippen LogP contribution in [0.25, 0.3) is 22.3 Å². The first-order valence-electron chi connectivity index (χ1n) is 5.46. The third kappa shape index (κ3) is 1.89. The maximum absolute atomic E-state index is 4.56. The fourth-order valence-electron chi connectivity index (χ4n) is 1.73. The van der Waals surface area contributed by atoms with Crippen molar-refractivity contribution >= 4 is 44.2 Å². The van der Waals surface area contributed by atoms with Gasteiger partial charge in [0.15, 0.2) is 5.65 Å². The summed E-state index contributed by atoms with van der Waals surface area (Å²) in [4.78, 5) is 8.93. The third-order valence-electron chi connectivity index (χ3n) is 2.51. The fraction of sp³-hybridized carbons (Fsp3) is 0.182. The zero-order valence-corrected chi connectivity index (χ0v) is 12.0. The lowest BCUT2D eigenvalue weighted by molar-refractivity contribution is 1.07. The molecule has 0 amide bonds. The number of H-pyrrole nitrogens is 1. The van der Waals surface area contributed by atoms with E-state index in [1.54, 1.807) is 17.5 Å². The van der Waals surface area contributed by atoms with Gasteiger partial charge in [-0.15, -0.1) is 0 Å². The fourth-order valence-corrected chi connectivity index (χ4v) is 3.19. The number of anilines is 1. The molecule has 0 aromatic carbocycles. The van der Waals surface area contributed by atoms with Crippen molar-refractivity contribution in [2.45, 2.75) is 6.92 Å². The van der Waals surface area contributed by atoms with E-state index in [1.165, 1.54) is 0 Å². The SMILES string of the molecule is CCNc1nc(-c2cscc2Br)c2cn[nH]c2n1. The number of aromatic amines is 1. The molecule has 0 fully saturated rings. The van der Waals surface area contributed by atoms with Crippen molar-refractivity contribution in [2.75, 3.05) is 11.9 Å². The first-order valence-corrected chi connectivity index (χ1v) is 7.20. The largest absolute Gasteiger partial charge is 0.354 e. The molecule has 0 aliphatic heterocycles. The Morgan fingerprint density at radius 2 is 2.28 bits per heavy atom. The van der Waals surface area contributed by atoms with Crippen LogP contribution < -0.4 is 5.32 Å². The number of nitrogens with zero attached hydrogens (tertiary/aromatic N) is 3. The van der Waals surface area contributed by atoms with Crippen LogP contribution in [0.5, 0.6) is 0 Å². The molecule has 0 aliphatic carbocycles. The number of thiophene rings is 1. The summed E-state index contributed by atoms with van der Waals surface area (Å²) < 4.78 is 1.04. The molecule has 3 aromatic heterocycles. The molecule has 0 spiro atoms. The summed E-state index contributed by atoms with van der Waals surface area (Å²) in [6, 6.07) is 0. The van der Waals surface area contributed by atoms with Crippen LogP contribution in [0.2, 0.25) is 0 Å². The van der Waals surface area contributed by atoms with E-state index in [0.717, 1.165) is 33.3 Å². The molecular formula is C11H10BrN5S. The van der Waals surface area contributed by atoms with Gasteiger partial charge in [0.2, 0.25) is 5.95 Å². The Morgan fingerprint density at radius 3 is 3.00 bits per heavy atom. The molecule has 0 saturated carbocycles. The van der Waals surface area contributed by atoms with Gasteiger partial charge in [0.25, 0.3) is 0 Å². The number of hydrogen-bond acceptors (Lipinski definition) is 5. The lowest BCUT2D eigenvalue weighted by Crippen LogP contribution is -2.03. The Hall–Kier alpha value is -1.47. The normalized spacial score (nSPS) is 11.0. The highest BCUT2D eigenvalue weighted by Gasteiger charge is 2.14. The standard InChI is InChI=1S/C11H10BrN5S/c1-2-13-11-15-9(7-4-18-5-8(7)12)6-3-14-17-10(6)16-11/h3-5H,2H2,1H3,(H2,13,14,15,16,17). The Morgan fingerprint density at radius 1 is 1.39 bits per heavy atom. The van der Waals surface area contributed by atoms with Crippen molar-refractivity contribution in [2.24, 2.45) is 0 Å². The number of aromatic nitrogens is 4. The average Bonchev–Trinajstić information content (AvgIpc) is 2.97. The van der Waals surface area contributed by atoms with E-state index < -0.39 is 0 Å². The molecular weight excluding hydrogens is 314 g/mol. The molecule has 3 rings (SSSR count). The summed E-state index contributed by atoms with van der Waals surface area (Å²) >= 11 is 5.17. The molecule has 0 atom stereocenters. The minimum absolute atomic E-state index is 0.613. The molecule has 0 saturated heterocycles. The maximum Gasteiger partial charge on any atom is 0.225 e. The topological polar surface area (TPSA) is 66.5 Å². The second-order valence-corrected chi connectivity index (χ2v) is 5.29. The second kappa shape index (κ2) is 4.66. The Bertz CT molecular complexity index is 690. The molecule has 92 valence electrons. The number of hydrogen-bond donors (Lipinski definition) is 2. The van der Waals surface area contributed by atoms with Gasteiger partial charge in [-0.3, -0.25) is 5.10 Å². The van der Waals surface area contributed by atoms with Gasteiger partial charge < -0.3 is 5.32 Å². The first-order chi connectivity index (χ1) is 8.79. The lowest BCUT2D eigenvalue weighted by Gasteiger charge is -2.05. The molecule has 3 aromatic rings. The zero-order chi connectivity index (χ0) is 12.5. The van der Waals surface area contributed by atoms with Gasteiger partial charge in [-0.25, -0.2) is 4.98 Å². The predicted molar refractivity (Wildman–Crippen MR) is 76.9 cm³/mol. The smallest absolute Gasteiger partial charge is 0.225 e. The first kappa shape index (κ1) is 11.6. The van der Waals surface area contributed by atoms with Crippen LogP contribution in [-0.2, 0) is 0 Å². The third-order valence-corrected chi connectivity index (χ3v) is 4.22. The van der Waals surface area contributed by atoms with E-state index in [2.05, 4.69) is 46.8 Å². The summed E-state index contributed by atoms with van der Waals surface area (Å²) in [7, 11) is 0. The van der Waals surface area contributed by atoms with Crippen LogP contribution in [0.4, 0.5) is 5.95 Å². The quantitative estimate of drug-likeness (QED) is 0.776. The lowest BCUT2D eigenvalue weighted by atomic mass is 10.2. The molecule has 18 heavy (non-hydrogen) atoms. The van der Waals surface area contributed by atoms with E-state index >= 15 is 0 Å². The Kier molecular flexibility index (Phi) is 3.00. The van der Waals surface area contributed by atoms with Crippen molar-refractivity contribution in [3.63, 3.8) is 0 Å². The van der Waals surface area contributed by atoms with Gasteiger partial charge in [0.1, 0.15) is 0 Å². The number of halogens is 1. The van der Waals surface area contributed by atoms with E-state index in [0.29, 0.717) is 5.95 Å². The monoisotopic (exact) mass is 323 g/mol. The summed E-state index contributed by atoms with van der Waals surface area (Å²) in [5, 5.41) is 15.1. The van der Waals surface area contributed by atoms with Crippen LogP contribution in [0.15, 0.2) is 21.4 Å². The van der Waals surface area contributed by atoms with Gasteiger partial charge in [0.05, 0.1) is 17.3 Å². The molecule has 2 N–H and O–H groups in total. The van der Waals surface area contributed by atoms with Gasteiger partial charge in [-0.2, -0.15) is 21.4 Å². The maximum atomic E-state index is 4.56. The molecule has 0 unspecified atom stereocenters. The highest BCUT2D eigenvalue weighted by molar-refractivity contribution is 9.10. The molecule has 0 bridgehead atoms. The molecule has 7 heteroatoms. The van der Waals surface area contributed by atoms with Gasteiger partial charge in [-0.1, -0.05) is 0 Å². The second-order valence-electron chi connectivity index (χ2n) is 3.69. The Balaban J connectivity index is 2.26. The van der Waals surface area contributed by atoms with E-state index in [1.807, 2.05) is 12.3 Å². The van der Waals surface area contributed by atoms with E-state index in [-0.39, 0.29) is 0 Å². The summed E-state index contributed by atoms with van der Waals surface area (Å²) in [6.07, 6.45) is 1.75. The van der Waals surface area contributed by atoms with Crippen molar-refractivity contribution < 1.29 is 0 Å². The zero-order valence-electron chi connectivity index (χ0n) is 9.57. The molecule has 0 aliphatic rings. The van der Waals surface area contributed by atoms with Crippen LogP contribution in [0.3, 0.4) is 0 Å². The van der Waals surface area contributed by atoms with Crippen LogP contribution in [0, 0.1) is 0 Å². The number of fused-ring (bicyclic) bond motifs is 1. The Labute approximate surface area is 116 Å². The van der Waals surface area contributed by atoms with Crippen LogP contribution in [0.1, 0.15) is 6.92 Å². The highest BCUT2D eigenvalue weighted by Crippen LogP contribution is 2.34. The average molecular weight is 324 g/mol. The van der Waals surface area contributed by atoms with Gasteiger partial charge >= 0.3 is 0 Å². The summed E-state index contributed by atoms with van der Waals surface area (Å²) in [5.74, 6) is 0.613. The minimum Gasteiger partial charge on any atom is -0.354 e. The van der Waals surface area contributed by atoms with Crippen LogP contribution >= 0.6 is 27.3 Å². The molecule has 0 radical (unpaired) electrons. The van der Waals surface area contributed by atoms with Gasteiger partial charge in [0, 0.05) is 27.3 Å². The molecule has 3 heterocycles. The van der Waals surface area contributed by atoms with E-state index in [9.17, 15) is 0 Å². The number of rotatable bonds is 3. The van der Waals surface area contributed by atoms with Crippen LogP contribution in [-0.4, -0.2) is 26.7 Å². The number of nitrogens with one attached hydrogen (secondary N) is 2. The van der Waals surface area contributed by atoms with Crippen molar-refractivity contribution in [1.82, 2.24) is 20.2 Å². The summed E-state index contributed by atoms with van der Waals surface area (Å²) in [5.41, 5.74) is 2.69. The van der Waals surface area contributed by atoms with Crippen molar-refractivity contribution in [3.05, 3.63) is 21.4 Å². The molecule has 5 nitrogen and oxygen atoms in total. The minimum atomic E-state index is 0.613. The van der Waals surface area contributed by atoms with Crippen molar-refractivity contribution in [1.29, 1.82) is 0 Å². The van der Waals surface area contributed by atoms with E-state index in [4.69, 9.17) is 0 Å².